The van der Waals surface area contributed by atoms with Crippen LogP contribution in [-0.2, 0) is 6.54 Å². The number of aromatic nitrogens is 1. The zero-order chi connectivity index (χ0) is 19.1. The van der Waals surface area contributed by atoms with E-state index in [1.54, 1.807) is 12.3 Å². The molecular formula is C20H27N7. The van der Waals surface area contributed by atoms with Crippen molar-refractivity contribution >= 4 is 17.5 Å². The van der Waals surface area contributed by atoms with Crippen molar-refractivity contribution in [1.29, 1.82) is 0 Å². The molecule has 0 radical (unpaired) electrons. The summed E-state index contributed by atoms with van der Waals surface area (Å²) in [7, 11) is 2.17. The molecule has 2 heterocycles. The normalized spacial score (nSPS) is 16.1. The average Bonchev–Trinajstić information content (AvgIpc) is 2.66. The lowest BCUT2D eigenvalue weighted by atomic mass is 10.2. The van der Waals surface area contributed by atoms with Gasteiger partial charge in [0.25, 0.3) is 0 Å². The van der Waals surface area contributed by atoms with Crippen molar-refractivity contribution in [3.63, 3.8) is 0 Å². The van der Waals surface area contributed by atoms with Crippen LogP contribution < -0.4 is 16.4 Å². The maximum absolute atomic E-state index is 5.89. The van der Waals surface area contributed by atoms with E-state index in [9.17, 15) is 0 Å². The third-order valence-electron chi connectivity index (χ3n) is 4.41. The molecule has 7 nitrogen and oxygen atoms in total. The molecule has 1 fully saturated rings. The molecule has 1 aromatic heterocycles. The molecule has 2 aromatic rings. The summed E-state index contributed by atoms with van der Waals surface area (Å²) in [6.07, 6.45) is 1.67. The van der Waals surface area contributed by atoms with Gasteiger partial charge in [0.2, 0.25) is 5.96 Å². The first-order chi connectivity index (χ1) is 13.1. The number of anilines is 1. The van der Waals surface area contributed by atoms with Gasteiger partial charge in [-0.15, -0.1) is 0 Å². The van der Waals surface area contributed by atoms with Crippen molar-refractivity contribution in [2.45, 2.75) is 6.54 Å². The monoisotopic (exact) mass is 365 g/mol. The summed E-state index contributed by atoms with van der Waals surface area (Å²) in [5.41, 5.74) is 8.14. The number of guanidine groups is 1. The minimum Gasteiger partial charge on any atom is -0.369 e. The molecule has 1 aliphatic heterocycles. The molecule has 1 saturated heterocycles. The highest BCUT2D eigenvalue weighted by Gasteiger charge is 2.13. The number of rotatable bonds is 6. The lowest BCUT2D eigenvalue weighted by molar-refractivity contribution is 0.148. The van der Waals surface area contributed by atoms with E-state index in [0.29, 0.717) is 11.6 Å². The number of hydrogen-bond donors (Lipinski definition) is 3. The molecule has 0 unspecified atom stereocenters. The number of nitrogens with one attached hydrogen (secondary N) is 2. The van der Waals surface area contributed by atoms with Gasteiger partial charge in [-0.3, -0.25) is 4.90 Å². The van der Waals surface area contributed by atoms with E-state index >= 15 is 0 Å². The van der Waals surface area contributed by atoms with Crippen molar-refractivity contribution in [2.24, 2.45) is 10.7 Å². The van der Waals surface area contributed by atoms with Gasteiger partial charge in [-0.2, -0.15) is 4.99 Å². The minimum absolute atomic E-state index is 0.234. The van der Waals surface area contributed by atoms with Crippen molar-refractivity contribution < 1.29 is 0 Å². The van der Waals surface area contributed by atoms with Crippen LogP contribution in [0.2, 0.25) is 0 Å². The molecule has 0 atom stereocenters. The van der Waals surface area contributed by atoms with Gasteiger partial charge in [-0.05, 0) is 36.9 Å². The Labute approximate surface area is 160 Å². The second-order valence-corrected chi connectivity index (χ2v) is 6.69. The minimum atomic E-state index is 0.234. The summed E-state index contributed by atoms with van der Waals surface area (Å²) in [4.78, 5) is 13.1. The maximum Gasteiger partial charge on any atom is 0.200 e. The molecule has 3 rings (SSSR count). The highest BCUT2D eigenvalue weighted by molar-refractivity contribution is 5.82. The van der Waals surface area contributed by atoms with E-state index in [4.69, 9.17) is 5.73 Å². The standard InChI is InChI=1S/C20H27N7/c1-16(24-20(21)25-19-5-3-4-10-22-19)23-18-8-6-17(7-9-18)15-27-13-11-26(2)12-14-27/h3-10,23H,1,11-15H2,2H3,(H3,21,22,24,25). The van der Waals surface area contributed by atoms with Gasteiger partial charge in [0.15, 0.2) is 5.82 Å². The summed E-state index contributed by atoms with van der Waals surface area (Å²) >= 11 is 0. The fourth-order valence-electron chi connectivity index (χ4n) is 2.89. The maximum atomic E-state index is 5.89. The van der Waals surface area contributed by atoms with Crippen LogP contribution in [0.5, 0.6) is 0 Å². The van der Waals surface area contributed by atoms with Crippen LogP contribution in [0, 0.1) is 0 Å². The Hall–Kier alpha value is -2.90. The van der Waals surface area contributed by atoms with Crippen molar-refractivity contribution in [2.75, 3.05) is 38.5 Å². The summed E-state index contributed by atoms with van der Waals surface area (Å²) in [6, 6.07) is 13.8. The smallest absolute Gasteiger partial charge is 0.200 e. The van der Waals surface area contributed by atoms with Crippen molar-refractivity contribution in [3.05, 3.63) is 66.6 Å². The number of likely N-dealkylation sites (N-methyl/N-ethyl adjacent to an activating group) is 1. The predicted molar refractivity (Wildman–Crippen MR) is 111 cm³/mol. The van der Waals surface area contributed by atoms with Crippen molar-refractivity contribution in [1.82, 2.24) is 20.1 Å². The summed E-state index contributed by atoms with van der Waals surface area (Å²) < 4.78 is 0. The molecule has 0 aliphatic carbocycles. The van der Waals surface area contributed by atoms with Crippen LogP contribution in [0.3, 0.4) is 0 Å². The van der Waals surface area contributed by atoms with E-state index in [2.05, 4.69) is 56.2 Å². The Bertz CT molecular complexity index is 763. The zero-order valence-electron chi connectivity index (χ0n) is 15.7. The second-order valence-electron chi connectivity index (χ2n) is 6.69. The van der Waals surface area contributed by atoms with Crippen LogP contribution in [0.1, 0.15) is 5.56 Å². The van der Waals surface area contributed by atoms with E-state index < -0.39 is 0 Å². The van der Waals surface area contributed by atoms with Gasteiger partial charge in [-0.25, -0.2) is 4.98 Å². The molecule has 27 heavy (non-hydrogen) atoms. The van der Waals surface area contributed by atoms with Gasteiger partial charge < -0.3 is 21.3 Å². The number of pyridine rings is 1. The quantitative estimate of drug-likeness (QED) is 0.536. The first-order valence-electron chi connectivity index (χ1n) is 9.06. The largest absolute Gasteiger partial charge is 0.369 e. The molecule has 0 saturated carbocycles. The number of benzene rings is 1. The topological polar surface area (TPSA) is 81.8 Å². The number of nitrogens with two attached hydrogens (primary N) is 1. The van der Waals surface area contributed by atoms with Gasteiger partial charge in [-0.1, -0.05) is 24.8 Å². The molecule has 7 heteroatoms. The molecule has 4 N–H and O–H groups in total. The molecule has 0 amide bonds. The predicted octanol–water partition coefficient (Wildman–Crippen LogP) is 1.95. The molecule has 142 valence electrons. The van der Waals surface area contributed by atoms with Crippen molar-refractivity contribution in [3.8, 4) is 0 Å². The molecule has 0 bridgehead atoms. The Morgan fingerprint density at radius 2 is 1.89 bits per heavy atom. The Kier molecular flexibility index (Phi) is 6.40. The average molecular weight is 365 g/mol. The van der Waals surface area contributed by atoms with Crippen LogP contribution in [0.4, 0.5) is 11.5 Å². The molecule has 1 aromatic carbocycles. The van der Waals surface area contributed by atoms with E-state index in [-0.39, 0.29) is 5.96 Å². The lowest BCUT2D eigenvalue weighted by Crippen LogP contribution is -2.43. The summed E-state index contributed by atoms with van der Waals surface area (Å²) in [6.45, 7) is 9.42. The van der Waals surface area contributed by atoms with E-state index in [0.717, 1.165) is 38.4 Å². The Morgan fingerprint density at radius 3 is 2.56 bits per heavy atom. The molecular weight excluding hydrogens is 338 g/mol. The zero-order valence-corrected chi connectivity index (χ0v) is 15.7. The SMILES string of the molecule is C=C(NC(N)=Nc1ccccn1)Nc1ccc(CN2CCN(C)CC2)cc1. The van der Waals surface area contributed by atoms with Crippen LogP contribution >= 0.6 is 0 Å². The van der Waals surface area contributed by atoms with Crippen LogP contribution in [0.15, 0.2) is 66.1 Å². The van der Waals surface area contributed by atoms with Crippen LogP contribution in [-0.4, -0.2) is 54.0 Å². The summed E-state index contributed by atoms with van der Waals surface area (Å²) in [5.74, 6) is 1.33. The number of aliphatic imine (C=N–C) groups is 1. The Morgan fingerprint density at radius 1 is 1.15 bits per heavy atom. The van der Waals surface area contributed by atoms with Gasteiger partial charge in [0.05, 0.1) is 0 Å². The molecule has 0 spiro atoms. The Balaban J connectivity index is 1.49. The third-order valence-corrected chi connectivity index (χ3v) is 4.41. The highest BCUT2D eigenvalue weighted by atomic mass is 15.2. The second kappa shape index (κ2) is 9.16. The number of nitrogens with zero attached hydrogens (tertiary/aromatic N) is 4. The fourth-order valence-corrected chi connectivity index (χ4v) is 2.89. The van der Waals surface area contributed by atoms with Crippen LogP contribution in [0.25, 0.3) is 0 Å². The van der Waals surface area contributed by atoms with Gasteiger partial charge in [0, 0.05) is 44.6 Å². The lowest BCUT2D eigenvalue weighted by Gasteiger charge is -2.32. The van der Waals surface area contributed by atoms with E-state index in [1.807, 2.05) is 24.3 Å². The first-order valence-corrected chi connectivity index (χ1v) is 9.06. The summed E-state index contributed by atoms with van der Waals surface area (Å²) in [5, 5.41) is 6.12. The highest BCUT2D eigenvalue weighted by Crippen LogP contribution is 2.13. The van der Waals surface area contributed by atoms with Gasteiger partial charge in [0.1, 0.15) is 5.82 Å². The number of hydrogen-bond acceptors (Lipinski definition) is 5. The third kappa shape index (κ3) is 6.09. The number of piperazine rings is 1. The van der Waals surface area contributed by atoms with Gasteiger partial charge >= 0.3 is 0 Å². The first kappa shape index (κ1) is 18.9. The fraction of sp³-hybridized carbons (Fsp3) is 0.300. The van der Waals surface area contributed by atoms with E-state index in [1.165, 1.54) is 5.56 Å². The molecule has 1 aliphatic rings.